The second-order valence-electron chi connectivity index (χ2n) is 4.25. The molecule has 1 aromatic rings. The molecule has 0 fully saturated rings. The zero-order valence-corrected chi connectivity index (χ0v) is 9.10. The van der Waals surface area contributed by atoms with Crippen molar-refractivity contribution in [3.63, 3.8) is 0 Å². The van der Waals surface area contributed by atoms with E-state index >= 15 is 0 Å². The van der Waals surface area contributed by atoms with Gasteiger partial charge in [0.2, 0.25) is 0 Å². The molecule has 2 N–H and O–H groups in total. The number of anilines is 1. The van der Waals surface area contributed by atoms with Gasteiger partial charge in [-0.2, -0.15) is 13.2 Å². The Morgan fingerprint density at radius 1 is 1.25 bits per heavy atom. The summed E-state index contributed by atoms with van der Waals surface area (Å²) in [7, 11) is 0. The molecule has 0 amide bonds. The zero-order chi connectivity index (χ0) is 12.4. The van der Waals surface area contributed by atoms with Crippen LogP contribution in [0.3, 0.4) is 0 Å². The molecule has 0 saturated heterocycles. The highest BCUT2D eigenvalue weighted by atomic mass is 19.4. The van der Waals surface area contributed by atoms with E-state index in [1.54, 1.807) is 13.8 Å². The Kier molecular flexibility index (Phi) is 3.48. The Labute approximate surface area is 92.1 Å². The van der Waals surface area contributed by atoms with Crippen LogP contribution < -0.4 is 5.32 Å². The second-order valence-corrected chi connectivity index (χ2v) is 4.25. The maximum Gasteiger partial charge on any atom is 0.416 e. The van der Waals surface area contributed by atoms with Crippen LogP contribution in [0.4, 0.5) is 18.9 Å². The first-order chi connectivity index (χ1) is 7.24. The summed E-state index contributed by atoms with van der Waals surface area (Å²) in [6.45, 7) is 3.24. The fraction of sp³-hybridized carbons (Fsp3) is 0.455. The third-order valence-corrected chi connectivity index (χ3v) is 2.07. The van der Waals surface area contributed by atoms with E-state index < -0.39 is 17.3 Å². The third-order valence-electron chi connectivity index (χ3n) is 2.07. The van der Waals surface area contributed by atoms with Crippen LogP contribution in [-0.2, 0) is 6.18 Å². The largest absolute Gasteiger partial charge is 0.416 e. The number of hydrogen-bond acceptors (Lipinski definition) is 2. The van der Waals surface area contributed by atoms with E-state index in [0.717, 1.165) is 12.1 Å². The molecule has 0 heterocycles. The molecule has 5 heteroatoms. The van der Waals surface area contributed by atoms with Crippen molar-refractivity contribution >= 4 is 5.69 Å². The molecule has 0 unspecified atom stereocenters. The van der Waals surface area contributed by atoms with Gasteiger partial charge in [0.25, 0.3) is 0 Å². The maximum atomic E-state index is 12.4. The van der Waals surface area contributed by atoms with Gasteiger partial charge in [0, 0.05) is 5.69 Å². The lowest BCUT2D eigenvalue weighted by Gasteiger charge is -2.25. The topological polar surface area (TPSA) is 32.3 Å². The number of aliphatic hydroxyl groups excluding tert-OH is 1. The summed E-state index contributed by atoms with van der Waals surface area (Å²) >= 11 is 0. The van der Waals surface area contributed by atoms with E-state index in [2.05, 4.69) is 5.32 Å². The van der Waals surface area contributed by atoms with Crippen LogP contribution in [0.15, 0.2) is 24.3 Å². The fourth-order valence-electron chi connectivity index (χ4n) is 1.20. The van der Waals surface area contributed by atoms with E-state index in [0.29, 0.717) is 5.69 Å². The number of aliphatic hydroxyl groups is 1. The van der Waals surface area contributed by atoms with Gasteiger partial charge in [-0.05, 0) is 32.0 Å². The molecule has 1 rings (SSSR count). The molecule has 0 aliphatic heterocycles. The standard InChI is InChI=1S/C11H14F3NO/c1-10(2,7-16)15-9-5-3-4-8(6-9)11(12,13)14/h3-6,15-16H,7H2,1-2H3. The van der Waals surface area contributed by atoms with Crippen molar-refractivity contribution in [1.82, 2.24) is 0 Å². The minimum absolute atomic E-state index is 0.163. The number of alkyl halides is 3. The molecule has 0 aliphatic carbocycles. The Morgan fingerprint density at radius 2 is 1.88 bits per heavy atom. The smallest absolute Gasteiger partial charge is 0.394 e. The average molecular weight is 233 g/mol. The SMILES string of the molecule is CC(C)(CO)Nc1cccc(C(F)(F)F)c1. The fourth-order valence-corrected chi connectivity index (χ4v) is 1.20. The van der Waals surface area contributed by atoms with Crippen LogP contribution in [0.2, 0.25) is 0 Å². The van der Waals surface area contributed by atoms with Gasteiger partial charge in [-0.15, -0.1) is 0 Å². The number of nitrogens with one attached hydrogen (secondary N) is 1. The van der Waals surface area contributed by atoms with Gasteiger partial charge in [0.1, 0.15) is 0 Å². The van der Waals surface area contributed by atoms with Crippen LogP contribution in [0.1, 0.15) is 19.4 Å². The Bertz CT molecular complexity index is 360. The Morgan fingerprint density at radius 3 is 2.38 bits per heavy atom. The molecule has 0 aromatic heterocycles. The van der Waals surface area contributed by atoms with Gasteiger partial charge < -0.3 is 10.4 Å². The van der Waals surface area contributed by atoms with E-state index in [1.807, 2.05) is 0 Å². The summed E-state index contributed by atoms with van der Waals surface area (Å²) in [6, 6.07) is 4.90. The van der Waals surface area contributed by atoms with E-state index in [-0.39, 0.29) is 6.61 Å². The Hall–Kier alpha value is -1.23. The first kappa shape index (κ1) is 12.8. The lowest BCUT2D eigenvalue weighted by atomic mass is 10.1. The van der Waals surface area contributed by atoms with Gasteiger partial charge in [0.05, 0.1) is 17.7 Å². The molecule has 0 aliphatic rings. The minimum Gasteiger partial charge on any atom is -0.394 e. The van der Waals surface area contributed by atoms with Gasteiger partial charge in [-0.25, -0.2) is 0 Å². The summed E-state index contributed by atoms with van der Waals surface area (Å²) in [4.78, 5) is 0. The summed E-state index contributed by atoms with van der Waals surface area (Å²) in [6.07, 6.45) is -4.35. The quantitative estimate of drug-likeness (QED) is 0.841. The number of halogens is 3. The zero-order valence-electron chi connectivity index (χ0n) is 9.10. The summed E-state index contributed by atoms with van der Waals surface area (Å²) < 4.78 is 37.2. The van der Waals surface area contributed by atoms with Crippen molar-refractivity contribution in [2.24, 2.45) is 0 Å². The second kappa shape index (κ2) is 4.33. The van der Waals surface area contributed by atoms with Crippen molar-refractivity contribution < 1.29 is 18.3 Å². The maximum absolute atomic E-state index is 12.4. The van der Waals surface area contributed by atoms with Gasteiger partial charge in [-0.1, -0.05) is 6.07 Å². The van der Waals surface area contributed by atoms with Crippen molar-refractivity contribution in [2.45, 2.75) is 25.6 Å². The molecule has 0 radical (unpaired) electrons. The predicted octanol–water partition coefficient (Wildman–Crippen LogP) is 2.89. The van der Waals surface area contributed by atoms with Crippen molar-refractivity contribution in [3.05, 3.63) is 29.8 Å². The molecule has 90 valence electrons. The van der Waals surface area contributed by atoms with Gasteiger partial charge >= 0.3 is 6.18 Å². The molecular weight excluding hydrogens is 219 g/mol. The summed E-state index contributed by atoms with van der Waals surface area (Å²) in [5.41, 5.74) is -1.01. The number of hydrogen-bond donors (Lipinski definition) is 2. The highest BCUT2D eigenvalue weighted by Gasteiger charge is 2.30. The van der Waals surface area contributed by atoms with Crippen LogP contribution in [-0.4, -0.2) is 17.3 Å². The van der Waals surface area contributed by atoms with Gasteiger partial charge in [-0.3, -0.25) is 0 Å². The minimum atomic E-state index is -4.35. The third kappa shape index (κ3) is 3.41. The normalized spacial score (nSPS) is 12.6. The molecular formula is C11H14F3NO. The molecule has 0 spiro atoms. The van der Waals surface area contributed by atoms with Crippen LogP contribution >= 0.6 is 0 Å². The number of benzene rings is 1. The van der Waals surface area contributed by atoms with Crippen molar-refractivity contribution in [2.75, 3.05) is 11.9 Å². The van der Waals surface area contributed by atoms with E-state index in [9.17, 15) is 13.2 Å². The summed E-state index contributed by atoms with van der Waals surface area (Å²) in [5, 5.41) is 11.8. The molecule has 0 bridgehead atoms. The summed E-state index contributed by atoms with van der Waals surface area (Å²) in [5.74, 6) is 0. The lowest BCUT2D eigenvalue weighted by molar-refractivity contribution is -0.137. The first-order valence-electron chi connectivity index (χ1n) is 4.81. The monoisotopic (exact) mass is 233 g/mol. The molecule has 0 atom stereocenters. The van der Waals surface area contributed by atoms with E-state index in [4.69, 9.17) is 5.11 Å². The van der Waals surface area contributed by atoms with Crippen molar-refractivity contribution in [3.8, 4) is 0 Å². The number of rotatable bonds is 3. The molecule has 16 heavy (non-hydrogen) atoms. The molecule has 0 saturated carbocycles. The van der Waals surface area contributed by atoms with E-state index in [1.165, 1.54) is 12.1 Å². The van der Waals surface area contributed by atoms with Gasteiger partial charge in [0.15, 0.2) is 0 Å². The average Bonchev–Trinajstić information content (AvgIpc) is 2.16. The highest BCUT2D eigenvalue weighted by molar-refractivity contribution is 5.48. The molecule has 2 nitrogen and oxygen atoms in total. The first-order valence-corrected chi connectivity index (χ1v) is 4.81. The lowest BCUT2D eigenvalue weighted by Crippen LogP contribution is -2.34. The van der Waals surface area contributed by atoms with Crippen LogP contribution in [0, 0.1) is 0 Å². The van der Waals surface area contributed by atoms with Crippen molar-refractivity contribution in [1.29, 1.82) is 0 Å². The molecule has 1 aromatic carbocycles. The van der Waals surface area contributed by atoms with Crippen LogP contribution in [0.25, 0.3) is 0 Å². The predicted molar refractivity (Wildman–Crippen MR) is 56.2 cm³/mol. The highest BCUT2D eigenvalue weighted by Crippen LogP contribution is 2.31. The Balaban J connectivity index is 2.92. The van der Waals surface area contributed by atoms with Crippen LogP contribution in [0.5, 0.6) is 0 Å².